The van der Waals surface area contributed by atoms with Crippen LogP contribution in [0.4, 0.5) is 5.69 Å². The number of hydrogen-bond acceptors (Lipinski definition) is 3. The Kier molecular flexibility index (Phi) is 7.60. The highest BCUT2D eigenvalue weighted by atomic mass is 16.2. The molecule has 1 rings (SSSR count). The van der Waals surface area contributed by atoms with Crippen LogP contribution in [0.25, 0.3) is 0 Å². The average Bonchev–Trinajstić information content (AvgIpc) is 2.46. The summed E-state index contributed by atoms with van der Waals surface area (Å²) in [5, 5.41) is 2.88. The predicted molar refractivity (Wildman–Crippen MR) is 90.0 cm³/mol. The first-order chi connectivity index (χ1) is 10.5. The summed E-state index contributed by atoms with van der Waals surface area (Å²) in [5.74, 6) is -0.0193. The van der Waals surface area contributed by atoms with E-state index in [1.54, 1.807) is 31.1 Å². The van der Waals surface area contributed by atoms with Crippen LogP contribution < -0.4 is 11.1 Å². The maximum Gasteiger partial charge on any atom is 0.253 e. The van der Waals surface area contributed by atoms with E-state index in [-0.39, 0.29) is 11.8 Å². The fourth-order valence-electron chi connectivity index (χ4n) is 2.23. The summed E-state index contributed by atoms with van der Waals surface area (Å²) < 4.78 is 0. The van der Waals surface area contributed by atoms with Gasteiger partial charge >= 0.3 is 0 Å². The van der Waals surface area contributed by atoms with Gasteiger partial charge in [0.1, 0.15) is 0 Å². The maximum absolute atomic E-state index is 12.0. The van der Waals surface area contributed by atoms with Crippen LogP contribution in [0.1, 0.15) is 48.0 Å². The third kappa shape index (κ3) is 5.85. The van der Waals surface area contributed by atoms with Gasteiger partial charge in [0.05, 0.1) is 0 Å². The van der Waals surface area contributed by atoms with Gasteiger partial charge in [-0.3, -0.25) is 9.59 Å². The number of amides is 2. The van der Waals surface area contributed by atoms with Crippen LogP contribution >= 0.6 is 0 Å². The molecule has 0 aliphatic heterocycles. The molecule has 0 fully saturated rings. The van der Waals surface area contributed by atoms with E-state index in [2.05, 4.69) is 5.32 Å². The number of carbonyl (C=O) groups is 2. The molecule has 0 spiro atoms. The Balaban J connectivity index is 2.51. The summed E-state index contributed by atoms with van der Waals surface area (Å²) in [6.07, 6.45) is 4.51. The molecule has 0 aromatic heterocycles. The van der Waals surface area contributed by atoms with Crippen LogP contribution in [0.5, 0.6) is 0 Å². The lowest BCUT2D eigenvalue weighted by molar-refractivity contribution is -0.116. The van der Waals surface area contributed by atoms with Gasteiger partial charge in [-0.1, -0.05) is 12.8 Å². The number of carbonyl (C=O) groups excluding carboxylic acids is 2. The molecule has 3 N–H and O–H groups in total. The molecule has 0 unspecified atom stereocenters. The van der Waals surface area contributed by atoms with Gasteiger partial charge in [-0.15, -0.1) is 0 Å². The van der Waals surface area contributed by atoms with E-state index in [4.69, 9.17) is 5.73 Å². The summed E-state index contributed by atoms with van der Waals surface area (Å²) in [7, 11) is 3.45. The number of unbranched alkanes of at least 4 members (excludes halogenated alkanes) is 3. The lowest BCUT2D eigenvalue weighted by Crippen LogP contribution is -2.22. The first-order valence-electron chi connectivity index (χ1n) is 7.78. The molecule has 0 saturated carbocycles. The van der Waals surface area contributed by atoms with Crippen molar-refractivity contribution in [3.8, 4) is 0 Å². The number of nitrogens with one attached hydrogen (secondary N) is 1. The summed E-state index contributed by atoms with van der Waals surface area (Å²) >= 11 is 0. The normalized spacial score (nSPS) is 10.4. The Morgan fingerprint density at radius 3 is 2.41 bits per heavy atom. The molecule has 0 radical (unpaired) electrons. The quantitative estimate of drug-likeness (QED) is 0.725. The predicted octanol–water partition coefficient (Wildman–Crippen LogP) is 2.54. The Labute approximate surface area is 132 Å². The topological polar surface area (TPSA) is 75.4 Å². The SMILES string of the molecule is Cc1cc(NC(=O)CCCCCCN)ccc1C(=O)N(C)C. The third-order valence-corrected chi connectivity index (χ3v) is 3.50. The number of benzene rings is 1. The lowest BCUT2D eigenvalue weighted by Gasteiger charge is -2.13. The molecule has 0 aliphatic carbocycles. The van der Waals surface area contributed by atoms with Crippen molar-refractivity contribution >= 4 is 17.5 Å². The van der Waals surface area contributed by atoms with Crippen molar-refractivity contribution in [1.29, 1.82) is 0 Å². The van der Waals surface area contributed by atoms with Gasteiger partial charge in [0.2, 0.25) is 5.91 Å². The summed E-state index contributed by atoms with van der Waals surface area (Å²) in [6, 6.07) is 5.37. The van der Waals surface area contributed by atoms with E-state index in [9.17, 15) is 9.59 Å². The Morgan fingerprint density at radius 2 is 1.82 bits per heavy atom. The minimum Gasteiger partial charge on any atom is -0.345 e. The van der Waals surface area contributed by atoms with E-state index in [0.717, 1.165) is 36.9 Å². The second-order valence-corrected chi connectivity index (χ2v) is 5.73. The number of hydrogen-bond donors (Lipinski definition) is 2. The summed E-state index contributed by atoms with van der Waals surface area (Å²) in [4.78, 5) is 25.4. The van der Waals surface area contributed by atoms with Crippen molar-refractivity contribution in [2.75, 3.05) is 26.0 Å². The smallest absolute Gasteiger partial charge is 0.253 e. The van der Waals surface area contributed by atoms with Crippen molar-refractivity contribution in [3.05, 3.63) is 29.3 Å². The molecule has 2 amide bonds. The van der Waals surface area contributed by atoms with Gasteiger partial charge < -0.3 is 16.0 Å². The Hall–Kier alpha value is -1.88. The molecule has 0 aliphatic rings. The molecule has 122 valence electrons. The van der Waals surface area contributed by atoms with Gasteiger partial charge in [-0.05, 0) is 50.1 Å². The zero-order valence-corrected chi connectivity index (χ0v) is 13.8. The molecular weight excluding hydrogens is 278 g/mol. The minimum atomic E-state index is -0.0321. The molecule has 0 atom stereocenters. The highest BCUT2D eigenvalue weighted by molar-refractivity contribution is 5.97. The van der Waals surface area contributed by atoms with E-state index in [1.807, 2.05) is 13.0 Å². The highest BCUT2D eigenvalue weighted by Crippen LogP contribution is 2.17. The minimum absolute atomic E-state index is 0.0128. The monoisotopic (exact) mass is 305 g/mol. The Bertz CT molecular complexity index is 513. The lowest BCUT2D eigenvalue weighted by atomic mass is 10.1. The van der Waals surface area contributed by atoms with E-state index < -0.39 is 0 Å². The number of anilines is 1. The van der Waals surface area contributed by atoms with Gasteiger partial charge in [-0.2, -0.15) is 0 Å². The fourth-order valence-corrected chi connectivity index (χ4v) is 2.23. The van der Waals surface area contributed by atoms with E-state index in [0.29, 0.717) is 18.5 Å². The number of aryl methyl sites for hydroxylation is 1. The largest absolute Gasteiger partial charge is 0.345 e. The summed E-state index contributed by atoms with van der Waals surface area (Å²) in [6.45, 7) is 2.59. The van der Waals surface area contributed by atoms with Crippen LogP contribution in [0, 0.1) is 6.92 Å². The molecule has 22 heavy (non-hydrogen) atoms. The number of nitrogens with two attached hydrogens (primary N) is 1. The molecule has 0 bridgehead atoms. The second kappa shape index (κ2) is 9.20. The van der Waals surface area contributed by atoms with Crippen LogP contribution in [0.15, 0.2) is 18.2 Å². The molecule has 5 heteroatoms. The van der Waals surface area contributed by atoms with Crippen molar-refractivity contribution in [3.63, 3.8) is 0 Å². The first-order valence-corrected chi connectivity index (χ1v) is 7.78. The standard InChI is InChI=1S/C17H27N3O2/c1-13-12-14(9-10-15(13)17(22)20(2)3)19-16(21)8-6-4-5-7-11-18/h9-10,12H,4-8,11,18H2,1-3H3,(H,19,21). The first kappa shape index (κ1) is 18.2. The van der Waals surface area contributed by atoms with Crippen molar-refractivity contribution in [2.45, 2.75) is 39.0 Å². The average molecular weight is 305 g/mol. The summed E-state index contributed by atoms with van der Waals surface area (Å²) in [5.41, 5.74) is 7.69. The van der Waals surface area contributed by atoms with Gasteiger partial charge in [-0.25, -0.2) is 0 Å². The molecule has 1 aromatic rings. The van der Waals surface area contributed by atoms with Gasteiger partial charge in [0, 0.05) is 31.8 Å². The van der Waals surface area contributed by atoms with Crippen molar-refractivity contribution < 1.29 is 9.59 Å². The van der Waals surface area contributed by atoms with Crippen LogP contribution in [0.3, 0.4) is 0 Å². The molecule has 0 heterocycles. The fraction of sp³-hybridized carbons (Fsp3) is 0.529. The molecular formula is C17H27N3O2. The zero-order chi connectivity index (χ0) is 16.5. The molecule has 0 saturated heterocycles. The highest BCUT2D eigenvalue weighted by Gasteiger charge is 2.12. The van der Waals surface area contributed by atoms with Crippen molar-refractivity contribution in [1.82, 2.24) is 4.90 Å². The number of nitrogens with zero attached hydrogens (tertiary/aromatic N) is 1. The molecule has 5 nitrogen and oxygen atoms in total. The molecule has 1 aromatic carbocycles. The third-order valence-electron chi connectivity index (χ3n) is 3.50. The van der Waals surface area contributed by atoms with Crippen LogP contribution in [-0.4, -0.2) is 37.4 Å². The maximum atomic E-state index is 12.0. The van der Waals surface area contributed by atoms with Crippen molar-refractivity contribution in [2.24, 2.45) is 5.73 Å². The van der Waals surface area contributed by atoms with Gasteiger partial charge in [0.15, 0.2) is 0 Å². The van der Waals surface area contributed by atoms with Gasteiger partial charge in [0.25, 0.3) is 5.91 Å². The van der Waals surface area contributed by atoms with Crippen LogP contribution in [-0.2, 0) is 4.79 Å². The second-order valence-electron chi connectivity index (χ2n) is 5.73. The zero-order valence-electron chi connectivity index (χ0n) is 13.8. The Morgan fingerprint density at radius 1 is 1.14 bits per heavy atom. The van der Waals surface area contributed by atoms with Crippen LogP contribution in [0.2, 0.25) is 0 Å². The van der Waals surface area contributed by atoms with E-state index in [1.165, 1.54) is 0 Å². The number of rotatable bonds is 8. The van der Waals surface area contributed by atoms with E-state index >= 15 is 0 Å².